The number of nitrogen functional groups attached to an aromatic ring is 1. The minimum absolute atomic E-state index is 0.0190. The van der Waals surface area contributed by atoms with Crippen LogP contribution in [0.25, 0.3) is 0 Å². The maximum Gasteiger partial charge on any atom is 0.352 e. The fourth-order valence-electron chi connectivity index (χ4n) is 3.68. The summed E-state index contributed by atoms with van der Waals surface area (Å²) in [5, 5.41) is 25.2. The summed E-state index contributed by atoms with van der Waals surface area (Å²) in [6, 6.07) is 4.76. The van der Waals surface area contributed by atoms with Gasteiger partial charge in [-0.3, -0.25) is 14.5 Å². The lowest BCUT2D eigenvalue weighted by Gasteiger charge is -2.49. The maximum atomic E-state index is 13.0. The number of oxime groups is 1. The monoisotopic (exact) mass is 623 g/mol. The molecule has 1 fully saturated rings. The number of carboxylic acids is 2. The number of β-lactam (4-membered cyclic amide) rings is 1. The molecule has 0 bridgehead atoms. The number of hydrogen-bond donors (Lipinski definition) is 4. The van der Waals surface area contributed by atoms with Crippen LogP contribution in [-0.2, 0) is 38.3 Å². The van der Waals surface area contributed by atoms with E-state index in [0.29, 0.717) is 0 Å². The van der Waals surface area contributed by atoms with Crippen molar-refractivity contribution in [1.82, 2.24) is 15.2 Å². The number of nitrogens with one attached hydrogen (secondary N) is 1. The molecule has 0 spiro atoms. The van der Waals surface area contributed by atoms with Gasteiger partial charge in [0.25, 0.3) is 11.8 Å². The largest absolute Gasteiger partial charge is 0.479 e. The molecule has 0 saturated carbocycles. The number of anilines is 1. The SMILES string of the molecule is Cc1ccc(S(=O)(=O)OC=CC2=C(C(=O)O)N3C(=O)C(NC(=O)C(=NOCC(=O)O)c4csc(N)n4)[C@H]3SC2)cc1. The fraction of sp³-hybridized carbons (Fsp3) is 0.217. The van der Waals surface area contributed by atoms with Gasteiger partial charge in [-0.2, -0.15) is 8.42 Å². The standard InChI is InChI=1S/C23H21N5O10S3/c1-11-2-4-13(5-3-11)41(35,36)38-7-6-12-9-39-21-17(20(32)28(21)18(12)22(33)34)26-19(31)16(27-37-8-15(29)30)14-10-40-23(24)25-14/h2-7,10,17,21H,8-9H2,1H3,(H2,24,25)(H,26,31)(H,29,30)(H,33,34)/t17?,21-/m1/s1. The third kappa shape index (κ3) is 6.50. The van der Waals surface area contributed by atoms with Crippen LogP contribution in [0.15, 0.2) is 63.3 Å². The number of rotatable bonds is 11. The Morgan fingerprint density at radius 1 is 1.27 bits per heavy atom. The molecule has 0 aliphatic carbocycles. The van der Waals surface area contributed by atoms with E-state index in [1.165, 1.54) is 17.5 Å². The molecular weight excluding hydrogens is 602 g/mol. The molecule has 5 N–H and O–H groups in total. The topological polar surface area (TPSA) is 228 Å². The first-order valence-corrected chi connectivity index (χ1v) is 14.7. The highest BCUT2D eigenvalue weighted by Crippen LogP contribution is 2.40. The number of nitrogens with two attached hydrogens (primary N) is 1. The molecule has 2 atom stereocenters. The lowest BCUT2D eigenvalue weighted by atomic mass is 10.0. The van der Waals surface area contributed by atoms with Crippen molar-refractivity contribution in [2.75, 3.05) is 18.1 Å². The summed E-state index contributed by atoms with van der Waals surface area (Å²) in [6.45, 7) is 0.947. The van der Waals surface area contributed by atoms with Crippen molar-refractivity contribution in [3.8, 4) is 0 Å². The highest BCUT2D eigenvalue weighted by molar-refractivity contribution is 8.00. The van der Waals surface area contributed by atoms with Gasteiger partial charge in [0.2, 0.25) is 6.61 Å². The quantitative estimate of drug-likeness (QED) is 0.0880. The van der Waals surface area contributed by atoms with Crippen LogP contribution in [0, 0.1) is 6.92 Å². The Labute approximate surface area is 240 Å². The lowest BCUT2D eigenvalue weighted by Crippen LogP contribution is -2.71. The second-order valence-electron chi connectivity index (χ2n) is 8.38. The number of aryl methyl sites for hydroxylation is 1. The molecule has 18 heteroatoms. The third-order valence-corrected chi connectivity index (χ3v) is 8.76. The molecular formula is C23H21N5O10S3. The van der Waals surface area contributed by atoms with E-state index >= 15 is 0 Å². The van der Waals surface area contributed by atoms with Crippen molar-refractivity contribution in [1.29, 1.82) is 0 Å². The maximum absolute atomic E-state index is 13.0. The van der Waals surface area contributed by atoms with Crippen LogP contribution in [0.1, 0.15) is 11.3 Å². The minimum atomic E-state index is -4.16. The third-order valence-electron chi connectivity index (χ3n) is 5.57. The molecule has 3 heterocycles. The first-order chi connectivity index (χ1) is 19.4. The van der Waals surface area contributed by atoms with Crippen molar-refractivity contribution >= 4 is 67.8 Å². The van der Waals surface area contributed by atoms with Gasteiger partial charge in [0.05, 0.1) is 0 Å². The van der Waals surface area contributed by atoms with Crippen molar-refractivity contribution in [3.05, 3.63) is 64.5 Å². The average molecular weight is 624 g/mol. The van der Waals surface area contributed by atoms with Crippen LogP contribution < -0.4 is 11.1 Å². The highest BCUT2D eigenvalue weighted by atomic mass is 32.2. The second kappa shape index (κ2) is 12.0. The minimum Gasteiger partial charge on any atom is -0.479 e. The molecule has 15 nitrogen and oxygen atoms in total. The van der Waals surface area contributed by atoms with E-state index in [-0.39, 0.29) is 27.0 Å². The number of carbonyl (C=O) groups excluding carboxylic acids is 2. The van der Waals surface area contributed by atoms with Crippen molar-refractivity contribution in [2.24, 2.45) is 5.16 Å². The van der Waals surface area contributed by atoms with E-state index < -0.39 is 63.3 Å². The molecule has 2 amide bonds. The van der Waals surface area contributed by atoms with Crippen LogP contribution >= 0.6 is 23.1 Å². The molecule has 2 aliphatic heterocycles. The molecule has 4 rings (SSSR count). The van der Waals surface area contributed by atoms with Crippen molar-refractivity contribution in [3.63, 3.8) is 0 Å². The number of allylic oxidation sites excluding steroid dienone is 1. The summed E-state index contributed by atoms with van der Waals surface area (Å²) in [6.07, 6.45) is 1.98. The Morgan fingerprint density at radius 3 is 2.59 bits per heavy atom. The number of aromatic nitrogens is 1. The van der Waals surface area contributed by atoms with Crippen LogP contribution in [0.2, 0.25) is 0 Å². The average Bonchev–Trinajstić information content (AvgIpc) is 3.34. The fourth-order valence-corrected chi connectivity index (χ4v) is 6.33. The number of thioether (sulfide) groups is 1. The van der Waals surface area contributed by atoms with Crippen LogP contribution in [-0.4, -0.2) is 81.8 Å². The molecule has 1 unspecified atom stereocenters. The molecule has 216 valence electrons. The van der Waals surface area contributed by atoms with Crippen molar-refractivity contribution in [2.45, 2.75) is 23.2 Å². The summed E-state index contributed by atoms with van der Waals surface area (Å²) in [7, 11) is -4.16. The van der Waals surface area contributed by atoms with E-state index in [2.05, 4.69) is 20.3 Å². The van der Waals surface area contributed by atoms with E-state index in [9.17, 15) is 32.7 Å². The predicted octanol–water partition coefficient (Wildman–Crippen LogP) is 0.497. The number of benzene rings is 1. The molecule has 41 heavy (non-hydrogen) atoms. The van der Waals surface area contributed by atoms with Gasteiger partial charge >= 0.3 is 22.1 Å². The molecule has 2 aromatic rings. The molecule has 1 aromatic heterocycles. The molecule has 0 radical (unpaired) electrons. The van der Waals surface area contributed by atoms with Crippen LogP contribution in [0.4, 0.5) is 5.13 Å². The number of hydrogen-bond acceptors (Lipinski definition) is 13. The number of aliphatic carboxylic acids is 2. The Kier molecular flexibility index (Phi) is 8.64. The predicted molar refractivity (Wildman–Crippen MR) is 145 cm³/mol. The number of nitrogens with zero attached hydrogens (tertiary/aromatic N) is 3. The zero-order valence-electron chi connectivity index (χ0n) is 20.9. The summed E-state index contributed by atoms with van der Waals surface area (Å²) in [5.74, 6) is -4.43. The zero-order valence-corrected chi connectivity index (χ0v) is 23.4. The number of fused-ring (bicyclic) bond motifs is 1. The van der Waals surface area contributed by atoms with E-state index in [1.807, 2.05) is 0 Å². The Balaban J connectivity index is 1.49. The van der Waals surface area contributed by atoms with Crippen LogP contribution in [0.5, 0.6) is 0 Å². The number of thiazole rings is 1. The number of amides is 2. The van der Waals surface area contributed by atoms with Gasteiger partial charge in [-0.25, -0.2) is 14.6 Å². The zero-order chi connectivity index (χ0) is 29.9. The first kappa shape index (κ1) is 29.6. The smallest absolute Gasteiger partial charge is 0.352 e. The Morgan fingerprint density at radius 2 is 1.98 bits per heavy atom. The number of carboxylic acid groups (broad SMARTS) is 2. The lowest BCUT2D eigenvalue weighted by molar-refractivity contribution is -0.150. The van der Waals surface area contributed by atoms with Gasteiger partial charge in [0, 0.05) is 11.1 Å². The van der Waals surface area contributed by atoms with Gasteiger partial charge in [0.1, 0.15) is 34.0 Å². The van der Waals surface area contributed by atoms with Gasteiger partial charge < -0.3 is 30.3 Å². The number of carbonyl (C=O) groups is 4. The Hall–Kier alpha value is -4.42. The Bertz CT molecular complexity index is 1600. The summed E-state index contributed by atoms with van der Waals surface area (Å²) >= 11 is 2.10. The molecule has 1 saturated heterocycles. The highest BCUT2D eigenvalue weighted by Gasteiger charge is 2.54. The molecule has 2 aliphatic rings. The summed E-state index contributed by atoms with van der Waals surface area (Å²) < 4.78 is 29.7. The van der Waals surface area contributed by atoms with Crippen molar-refractivity contribution < 1.29 is 46.8 Å². The summed E-state index contributed by atoms with van der Waals surface area (Å²) in [4.78, 5) is 58.2. The van der Waals surface area contributed by atoms with Gasteiger partial charge in [-0.1, -0.05) is 22.9 Å². The van der Waals surface area contributed by atoms with Crippen LogP contribution in [0.3, 0.4) is 0 Å². The summed E-state index contributed by atoms with van der Waals surface area (Å²) in [5.41, 5.74) is 5.71. The van der Waals surface area contributed by atoms with E-state index in [1.54, 1.807) is 19.1 Å². The first-order valence-electron chi connectivity index (χ1n) is 11.4. The second-order valence-corrected chi connectivity index (χ2v) is 12.0. The van der Waals surface area contributed by atoms with Gasteiger partial charge in [-0.15, -0.1) is 23.1 Å². The molecule has 1 aromatic carbocycles. The van der Waals surface area contributed by atoms with E-state index in [4.69, 9.17) is 15.0 Å². The van der Waals surface area contributed by atoms with Gasteiger partial charge in [0.15, 0.2) is 10.8 Å². The van der Waals surface area contributed by atoms with Gasteiger partial charge in [-0.05, 0) is 30.7 Å². The van der Waals surface area contributed by atoms with E-state index in [0.717, 1.165) is 45.9 Å². The normalized spacial score (nSPS) is 19.0.